The lowest BCUT2D eigenvalue weighted by Gasteiger charge is -2.27. The summed E-state index contributed by atoms with van der Waals surface area (Å²) in [5.74, 6) is -0.199. The molecule has 0 spiro atoms. The largest absolute Gasteiger partial charge is 0.490 e. The highest BCUT2D eigenvalue weighted by molar-refractivity contribution is 5.95. The smallest absolute Gasteiger partial charge is 0.305 e. The van der Waals surface area contributed by atoms with Gasteiger partial charge in [-0.25, -0.2) is 0 Å². The standard InChI is InChI=1S/C19H27NO6/c1-3-8-25-15-6-5-14(11-16(15)26-9-4-2)18(23)20-19(12-17(21)22)7-10-24-13-19/h5-6,11H,3-4,7-10,12-13H2,1-2H3,(H,20,23)(H,21,22). The number of amides is 1. The predicted molar refractivity (Wildman–Crippen MR) is 95.9 cm³/mol. The molecule has 1 amide bonds. The van der Waals surface area contributed by atoms with E-state index in [0.717, 1.165) is 12.8 Å². The van der Waals surface area contributed by atoms with E-state index in [9.17, 15) is 9.59 Å². The van der Waals surface area contributed by atoms with E-state index in [-0.39, 0.29) is 18.9 Å². The van der Waals surface area contributed by atoms with Crippen molar-refractivity contribution in [3.05, 3.63) is 23.8 Å². The number of carboxylic acids is 1. The van der Waals surface area contributed by atoms with Gasteiger partial charge in [-0.15, -0.1) is 0 Å². The molecule has 0 saturated carbocycles. The number of rotatable bonds is 10. The number of aliphatic carboxylic acids is 1. The van der Waals surface area contributed by atoms with Crippen molar-refractivity contribution in [2.45, 2.75) is 45.1 Å². The summed E-state index contributed by atoms with van der Waals surface area (Å²) >= 11 is 0. The molecule has 0 bridgehead atoms. The molecule has 2 N–H and O–H groups in total. The van der Waals surface area contributed by atoms with E-state index in [1.165, 1.54) is 0 Å². The lowest BCUT2D eigenvalue weighted by molar-refractivity contribution is -0.138. The summed E-state index contributed by atoms with van der Waals surface area (Å²) in [4.78, 5) is 23.8. The van der Waals surface area contributed by atoms with Crippen LogP contribution < -0.4 is 14.8 Å². The van der Waals surface area contributed by atoms with Crippen molar-refractivity contribution in [1.82, 2.24) is 5.32 Å². The van der Waals surface area contributed by atoms with Gasteiger partial charge < -0.3 is 24.6 Å². The fraction of sp³-hybridized carbons (Fsp3) is 0.579. The van der Waals surface area contributed by atoms with Crippen molar-refractivity contribution < 1.29 is 28.9 Å². The van der Waals surface area contributed by atoms with Gasteiger partial charge in [-0.2, -0.15) is 0 Å². The number of benzene rings is 1. The summed E-state index contributed by atoms with van der Waals surface area (Å²) in [6.07, 6.45) is 2.01. The van der Waals surface area contributed by atoms with Crippen molar-refractivity contribution in [2.75, 3.05) is 26.4 Å². The second-order valence-corrected chi connectivity index (χ2v) is 6.47. The van der Waals surface area contributed by atoms with E-state index in [0.29, 0.717) is 43.3 Å². The van der Waals surface area contributed by atoms with Crippen LogP contribution >= 0.6 is 0 Å². The monoisotopic (exact) mass is 365 g/mol. The maximum Gasteiger partial charge on any atom is 0.305 e. The third-order valence-electron chi connectivity index (χ3n) is 4.10. The van der Waals surface area contributed by atoms with Crippen molar-refractivity contribution in [2.24, 2.45) is 0 Å². The molecule has 2 rings (SSSR count). The fourth-order valence-electron chi connectivity index (χ4n) is 2.80. The molecule has 1 fully saturated rings. The van der Waals surface area contributed by atoms with Gasteiger partial charge in [0, 0.05) is 12.2 Å². The SMILES string of the molecule is CCCOc1ccc(C(=O)NC2(CC(=O)O)CCOC2)cc1OCCC. The van der Waals surface area contributed by atoms with Gasteiger partial charge in [0.1, 0.15) is 0 Å². The lowest BCUT2D eigenvalue weighted by atomic mass is 9.93. The molecule has 0 aromatic heterocycles. The average Bonchev–Trinajstić information content (AvgIpc) is 3.05. The van der Waals surface area contributed by atoms with Gasteiger partial charge in [0.15, 0.2) is 11.5 Å². The molecule has 1 unspecified atom stereocenters. The van der Waals surface area contributed by atoms with Gasteiger partial charge in [0.2, 0.25) is 0 Å². The molecule has 0 aliphatic carbocycles. The molecule has 7 nitrogen and oxygen atoms in total. The van der Waals surface area contributed by atoms with E-state index in [2.05, 4.69) is 5.32 Å². The van der Waals surface area contributed by atoms with Gasteiger partial charge in [0.25, 0.3) is 5.91 Å². The Bertz CT molecular complexity index is 624. The molecule has 0 radical (unpaired) electrons. The Balaban J connectivity index is 2.17. The number of nitrogens with one attached hydrogen (secondary N) is 1. The number of ether oxygens (including phenoxy) is 3. The third kappa shape index (κ3) is 5.36. The Kier molecular flexibility index (Phi) is 7.26. The lowest BCUT2D eigenvalue weighted by Crippen LogP contribution is -2.50. The zero-order valence-electron chi connectivity index (χ0n) is 15.4. The molecule has 1 aliphatic rings. The Hall–Kier alpha value is -2.28. The van der Waals surface area contributed by atoms with Gasteiger partial charge in [-0.1, -0.05) is 13.8 Å². The normalized spacial score (nSPS) is 19.2. The molecule has 1 heterocycles. The van der Waals surface area contributed by atoms with Gasteiger partial charge >= 0.3 is 5.97 Å². The molecule has 1 aromatic carbocycles. The van der Waals surface area contributed by atoms with E-state index >= 15 is 0 Å². The first kappa shape index (κ1) is 20.0. The van der Waals surface area contributed by atoms with Crippen LogP contribution in [-0.2, 0) is 9.53 Å². The Morgan fingerprint density at radius 2 is 1.88 bits per heavy atom. The van der Waals surface area contributed by atoms with Crippen LogP contribution in [0.15, 0.2) is 18.2 Å². The second-order valence-electron chi connectivity index (χ2n) is 6.47. The first-order valence-corrected chi connectivity index (χ1v) is 9.01. The quantitative estimate of drug-likeness (QED) is 0.662. The van der Waals surface area contributed by atoms with Crippen LogP contribution in [-0.4, -0.2) is 48.9 Å². The van der Waals surface area contributed by atoms with Crippen LogP contribution in [0.25, 0.3) is 0 Å². The Morgan fingerprint density at radius 1 is 1.19 bits per heavy atom. The van der Waals surface area contributed by atoms with Crippen LogP contribution in [0.4, 0.5) is 0 Å². The van der Waals surface area contributed by atoms with E-state index in [1.54, 1.807) is 18.2 Å². The molecular weight excluding hydrogens is 338 g/mol. The summed E-state index contributed by atoms with van der Waals surface area (Å²) in [6, 6.07) is 5.01. The van der Waals surface area contributed by atoms with Gasteiger partial charge in [0.05, 0.1) is 31.8 Å². The van der Waals surface area contributed by atoms with Crippen molar-refractivity contribution in [1.29, 1.82) is 0 Å². The predicted octanol–water partition coefficient (Wildman–Crippen LogP) is 2.63. The summed E-state index contributed by atoms with van der Waals surface area (Å²) in [7, 11) is 0. The highest BCUT2D eigenvalue weighted by Gasteiger charge is 2.38. The molecule has 1 aliphatic heterocycles. The second kappa shape index (κ2) is 9.43. The third-order valence-corrected chi connectivity index (χ3v) is 4.10. The first-order valence-electron chi connectivity index (χ1n) is 9.01. The fourth-order valence-corrected chi connectivity index (χ4v) is 2.80. The van der Waals surface area contributed by atoms with Crippen molar-refractivity contribution in [3.63, 3.8) is 0 Å². The number of hydrogen-bond acceptors (Lipinski definition) is 5. The number of hydrogen-bond donors (Lipinski definition) is 2. The minimum absolute atomic E-state index is 0.171. The average molecular weight is 365 g/mol. The number of carboxylic acid groups (broad SMARTS) is 1. The van der Waals surface area contributed by atoms with Crippen LogP contribution in [0, 0.1) is 0 Å². The van der Waals surface area contributed by atoms with E-state index < -0.39 is 11.5 Å². The molecular formula is C19H27NO6. The zero-order chi connectivity index (χ0) is 19.0. The summed E-state index contributed by atoms with van der Waals surface area (Å²) in [5, 5.41) is 12.0. The molecule has 1 atom stereocenters. The molecule has 1 saturated heterocycles. The van der Waals surface area contributed by atoms with Gasteiger partial charge in [-0.05, 0) is 37.5 Å². The van der Waals surface area contributed by atoms with Crippen LogP contribution in [0.3, 0.4) is 0 Å². The van der Waals surface area contributed by atoms with Crippen LogP contribution in [0.5, 0.6) is 11.5 Å². The molecule has 144 valence electrons. The maximum atomic E-state index is 12.7. The first-order chi connectivity index (χ1) is 12.5. The zero-order valence-corrected chi connectivity index (χ0v) is 15.4. The summed E-state index contributed by atoms with van der Waals surface area (Å²) in [6.45, 7) is 5.72. The van der Waals surface area contributed by atoms with Crippen LogP contribution in [0.1, 0.15) is 49.9 Å². The van der Waals surface area contributed by atoms with Crippen molar-refractivity contribution in [3.8, 4) is 11.5 Å². The molecule has 26 heavy (non-hydrogen) atoms. The van der Waals surface area contributed by atoms with E-state index in [4.69, 9.17) is 19.3 Å². The summed E-state index contributed by atoms with van der Waals surface area (Å²) in [5.41, 5.74) is -0.471. The highest BCUT2D eigenvalue weighted by atomic mass is 16.5. The minimum atomic E-state index is -0.967. The minimum Gasteiger partial charge on any atom is -0.490 e. The number of carbonyl (C=O) groups is 2. The van der Waals surface area contributed by atoms with Gasteiger partial charge in [-0.3, -0.25) is 9.59 Å². The van der Waals surface area contributed by atoms with E-state index in [1.807, 2.05) is 13.8 Å². The molecule has 1 aromatic rings. The highest BCUT2D eigenvalue weighted by Crippen LogP contribution is 2.30. The number of carbonyl (C=O) groups excluding carboxylic acids is 1. The Morgan fingerprint density at radius 3 is 2.46 bits per heavy atom. The summed E-state index contributed by atoms with van der Waals surface area (Å²) < 4.78 is 16.7. The topological polar surface area (TPSA) is 94.1 Å². The molecule has 7 heteroatoms. The van der Waals surface area contributed by atoms with Crippen LogP contribution in [0.2, 0.25) is 0 Å². The maximum absolute atomic E-state index is 12.7. The Labute approximate surface area is 153 Å². The van der Waals surface area contributed by atoms with Crippen molar-refractivity contribution >= 4 is 11.9 Å².